The molecule has 0 aliphatic carbocycles. The van der Waals surface area contributed by atoms with Gasteiger partial charge in [-0.1, -0.05) is 0 Å². The lowest BCUT2D eigenvalue weighted by atomic mass is 10.2. The summed E-state index contributed by atoms with van der Waals surface area (Å²) in [5.41, 5.74) is 0.0423. The smallest absolute Gasteiger partial charge is 0.330 e. The van der Waals surface area contributed by atoms with E-state index >= 15 is 0 Å². The molecule has 1 aliphatic rings. The van der Waals surface area contributed by atoms with Crippen LogP contribution >= 0.6 is 0 Å². The van der Waals surface area contributed by atoms with Crippen LogP contribution in [-0.4, -0.2) is 25.5 Å². The van der Waals surface area contributed by atoms with E-state index in [1.807, 2.05) is 0 Å². The maximum Gasteiger partial charge on any atom is 0.330 e. The average Bonchev–Trinajstić information content (AvgIpc) is 2.53. The molecule has 0 saturated carbocycles. The molecule has 0 radical (unpaired) electrons. The van der Waals surface area contributed by atoms with E-state index in [1.165, 1.54) is 24.5 Å². The number of hydrogen-bond acceptors (Lipinski definition) is 6. The molecule has 1 aromatic heterocycles. The molecule has 1 unspecified atom stereocenters. The summed E-state index contributed by atoms with van der Waals surface area (Å²) in [6.45, 7) is 2.89. The molecule has 0 N–H and O–H groups in total. The first-order chi connectivity index (χ1) is 10.7. The third kappa shape index (κ3) is 5.13. The molecule has 1 atom stereocenters. The zero-order chi connectivity index (χ0) is 15.8. The quantitative estimate of drug-likeness (QED) is 0.593. The van der Waals surface area contributed by atoms with E-state index < -0.39 is 5.97 Å². The second-order valence-corrected chi connectivity index (χ2v) is 4.86. The van der Waals surface area contributed by atoms with Crippen molar-refractivity contribution in [1.29, 1.82) is 0 Å². The Bertz CT molecular complexity index is 568. The molecule has 6 nitrogen and oxygen atoms in total. The van der Waals surface area contributed by atoms with Gasteiger partial charge in [-0.05, 0) is 32.3 Å². The van der Waals surface area contributed by atoms with Gasteiger partial charge >= 0.3 is 5.97 Å². The van der Waals surface area contributed by atoms with E-state index in [0.29, 0.717) is 12.4 Å². The zero-order valence-corrected chi connectivity index (χ0v) is 12.6. The highest BCUT2D eigenvalue weighted by molar-refractivity contribution is 5.86. The van der Waals surface area contributed by atoms with Crippen LogP contribution in [-0.2, 0) is 25.6 Å². The molecular weight excluding hydrogens is 288 g/mol. The molecule has 120 valence electrons. The van der Waals surface area contributed by atoms with Gasteiger partial charge in [-0.3, -0.25) is 4.79 Å². The summed E-state index contributed by atoms with van der Waals surface area (Å²) in [5.74, 6) is -0.0729. The van der Waals surface area contributed by atoms with Gasteiger partial charge in [0.25, 0.3) is 0 Å². The minimum Gasteiger partial charge on any atom is -0.466 e. The number of esters is 1. The van der Waals surface area contributed by atoms with Crippen LogP contribution in [0, 0.1) is 0 Å². The van der Waals surface area contributed by atoms with E-state index in [4.69, 9.17) is 18.6 Å². The molecule has 2 rings (SSSR count). The van der Waals surface area contributed by atoms with Crippen molar-refractivity contribution in [1.82, 2.24) is 0 Å². The van der Waals surface area contributed by atoms with Gasteiger partial charge in [0.05, 0.1) is 12.2 Å². The van der Waals surface area contributed by atoms with Gasteiger partial charge in [0.15, 0.2) is 11.7 Å². The number of carbonyl (C=O) groups is 1. The zero-order valence-electron chi connectivity index (χ0n) is 12.6. The predicted octanol–water partition coefficient (Wildman–Crippen LogP) is 2.26. The predicted molar refractivity (Wildman–Crippen MR) is 79.0 cm³/mol. The molecule has 0 amide bonds. The minimum absolute atomic E-state index is 0.182. The summed E-state index contributed by atoms with van der Waals surface area (Å²) in [6, 6.07) is 1.35. The average molecular weight is 308 g/mol. The van der Waals surface area contributed by atoms with Crippen molar-refractivity contribution < 1.29 is 23.4 Å². The maximum absolute atomic E-state index is 11.9. The molecule has 1 saturated heterocycles. The summed E-state index contributed by atoms with van der Waals surface area (Å²) in [6.07, 6.45) is 6.62. The summed E-state index contributed by atoms with van der Waals surface area (Å²) < 4.78 is 21.1. The van der Waals surface area contributed by atoms with Crippen molar-refractivity contribution in [2.75, 3.05) is 13.2 Å². The molecule has 0 spiro atoms. The van der Waals surface area contributed by atoms with Crippen molar-refractivity contribution in [3.63, 3.8) is 0 Å². The molecule has 0 bridgehead atoms. The second-order valence-electron chi connectivity index (χ2n) is 4.86. The lowest BCUT2D eigenvalue weighted by molar-refractivity contribution is -0.171. The van der Waals surface area contributed by atoms with Gasteiger partial charge in [0, 0.05) is 18.7 Å². The fraction of sp³-hybridized carbons (Fsp3) is 0.500. The van der Waals surface area contributed by atoms with Gasteiger partial charge in [0.2, 0.25) is 0 Å². The van der Waals surface area contributed by atoms with E-state index in [0.717, 1.165) is 19.3 Å². The third-order valence-corrected chi connectivity index (χ3v) is 3.15. The molecule has 0 aromatic carbocycles. The van der Waals surface area contributed by atoms with Crippen LogP contribution in [0.3, 0.4) is 0 Å². The van der Waals surface area contributed by atoms with E-state index in [-0.39, 0.29) is 30.5 Å². The van der Waals surface area contributed by atoms with Crippen molar-refractivity contribution >= 4 is 12.0 Å². The monoisotopic (exact) mass is 308 g/mol. The third-order valence-electron chi connectivity index (χ3n) is 3.15. The first-order valence-corrected chi connectivity index (χ1v) is 7.39. The van der Waals surface area contributed by atoms with Crippen molar-refractivity contribution in [3.8, 4) is 0 Å². The number of carbonyl (C=O) groups excluding carboxylic acids is 1. The Hall–Kier alpha value is -1.92. The first kappa shape index (κ1) is 16.5. The number of ether oxygens (including phenoxy) is 3. The summed E-state index contributed by atoms with van der Waals surface area (Å²) in [7, 11) is 0. The van der Waals surface area contributed by atoms with Crippen LogP contribution in [0.2, 0.25) is 0 Å². The van der Waals surface area contributed by atoms with E-state index in [9.17, 15) is 9.59 Å². The highest BCUT2D eigenvalue weighted by Crippen LogP contribution is 2.15. The SMILES string of the molecule is CCOC(=O)C=Cc1coc(COC2CCCCO2)cc1=O. The van der Waals surface area contributed by atoms with E-state index in [1.54, 1.807) is 6.92 Å². The van der Waals surface area contributed by atoms with Crippen molar-refractivity contribution in [2.24, 2.45) is 0 Å². The minimum atomic E-state index is -0.497. The van der Waals surface area contributed by atoms with Gasteiger partial charge in [-0.25, -0.2) is 4.79 Å². The van der Waals surface area contributed by atoms with Crippen LogP contribution in [0.15, 0.2) is 27.6 Å². The summed E-state index contributed by atoms with van der Waals surface area (Å²) in [5, 5.41) is 0. The van der Waals surface area contributed by atoms with Gasteiger partial charge in [-0.15, -0.1) is 0 Å². The Balaban J connectivity index is 1.91. The molecule has 1 fully saturated rings. The number of rotatable bonds is 6. The molecular formula is C16H20O6. The topological polar surface area (TPSA) is 75.0 Å². The Morgan fingerprint density at radius 1 is 1.45 bits per heavy atom. The Morgan fingerprint density at radius 2 is 2.32 bits per heavy atom. The van der Waals surface area contributed by atoms with E-state index in [2.05, 4.69) is 0 Å². The Labute approximate surface area is 128 Å². The fourth-order valence-electron chi connectivity index (χ4n) is 2.02. The highest BCUT2D eigenvalue weighted by Gasteiger charge is 2.14. The lowest BCUT2D eigenvalue weighted by Crippen LogP contribution is -2.22. The summed E-state index contributed by atoms with van der Waals surface area (Å²) in [4.78, 5) is 23.1. The fourth-order valence-corrected chi connectivity index (χ4v) is 2.02. The highest BCUT2D eigenvalue weighted by atomic mass is 16.7. The second kappa shape index (κ2) is 8.51. The summed E-state index contributed by atoms with van der Waals surface area (Å²) >= 11 is 0. The Kier molecular flexibility index (Phi) is 6.36. The van der Waals surface area contributed by atoms with Crippen LogP contribution < -0.4 is 5.43 Å². The van der Waals surface area contributed by atoms with Gasteiger partial charge in [0.1, 0.15) is 18.6 Å². The van der Waals surface area contributed by atoms with Crippen LogP contribution in [0.25, 0.3) is 6.08 Å². The normalized spacial score (nSPS) is 18.5. The van der Waals surface area contributed by atoms with Crippen molar-refractivity contribution in [3.05, 3.63) is 40.0 Å². The van der Waals surface area contributed by atoms with Crippen LogP contribution in [0.5, 0.6) is 0 Å². The molecule has 1 aliphatic heterocycles. The Morgan fingerprint density at radius 3 is 3.00 bits per heavy atom. The van der Waals surface area contributed by atoms with Crippen LogP contribution in [0.1, 0.15) is 37.5 Å². The maximum atomic E-state index is 11.9. The largest absolute Gasteiger partial charge is 0.466 e. The standard InChI is InChI=1S/C16H20O6/c1-2-19-15(18)7-6-12-10-21-13(9-14(12)17)11-22-16-5-3-4-8-20-16/h6-7,9-10,16H,2-5,8,11H2,1H3. The first-order valence-electron chi connectivity index (χ1n) is 7.39. The molecule has 1 aromatic rings. The van der Waals surface area contributed by atoms with Gasteiger partial charge in [-0.2, -0.15) is 0 Å². The lowest BCUT2D eigenvalue weighted by Gasteiger charge is -2.22. The number of hydrogen-bond donors (Lipinski definition) is 0. The van der Waals surface area contributed by atoms with Gasteiger partial charge < -0.3 is 18.6 Å². The molecule has 2 heterocycles. The molecule has 22 heavy (non-hydrogen) atoms. The van der Waals surface area contributed by atoms with Crippen molar-refractivity contribution in [2.45, 2.75) is 39.1 Å². The molecule has 6 heteroatoms. The van der Waals surface area contributed by atoms with Crippen LogP contribution in [0.4, 0.5) is 0 Å².